The van der Waals surface area contributed by atoms with Crippen molar-refractivity contribution in [3.05, 3.63) is 54.0 Å². The lowest BCUT2D eigenvalue weighted by Gasteiger charge is -1.99. The SMILES string of the molecule is O=C(O)c1ccc(CS(=O)c2ccccc2)o1. The Bertz CT molecular complexity index is 545. The van der Waals surface area contributed by atoms with Gasteiger partial charge < -0.3 is 9.52 Å². The van der Waals surface area contributed by atoms with Gasteiger partial charge in [0, 0.05) is 4.90 Å². The molecule has 0 aliphatic carbocycles. The summed E-state index contributed by atoms with van der Waals surface area (Å²) < 4.78 is 16.9. The Balaban J connectivity index is 2.11. The Labute approximate surface area is 100 Å². The Kier molecular flexibility index (Phi) is 3.39. The molecule has 1 aromatic carbocycles. The molecule has 0 radical (unpaired) electrons. The van der Waals surface area contributed by atoms with E-state index in [4.69, 9.17) is 9.52 Å². The lowest BCUT2D eigenvalue weighted by atomic mass is 10.4. The summed E-state index contributed by atoms with van der Waals surface area (Å²) in [7, 11) is -1.22. The van der Waals surface area contributed by atoms with E-state index in [9.17, 15) is 9.00 Å². The van der Waals surface area contributed by atoms with Gasteiger partial charge in [-0.1, -0.05) is 18.2 Å². The summed E-state index contributed by atoms with van der Waals surface area (Å²) in [5.41, 5.74) is 0. The predicted octanol–water partition coefficient (Wildman–Crippen LogP) is 2.29. The van der Waals surface area contributed by atoms with Crippen molar-refractivity contribution < 1.29 is 18.5 Å². The number of furan rings is 1. The van der Waals surface area contributed by atoms with Crippen LogP contribution < -0.4 is 0 Å². The molecule has 2 rings (SSSR count). The molecule has 17 heavy (non-hydrogen) atoms. The van der Waals surface area contributed by atoms with Crippen molar-refractivity contribution >= 4 is 16.8 Å². The third-order valence-electron chi connectivity index (χ3n) is 2.15. The quantitative estimate of drug-likeness (QED) is 0.904. The molecule has 0 bridgehead atoms. The van der Waals surface area contributed by atoms with Crippen LogP contribution in [0.3, 0.4) is 0 Å². The zero-order valence-electron chi connectivity index (χ0n) is 8.83. The van der Waals surface area contributed by atoms with Crippen LogP contribution in [0.2, 0.25) is 0 Å². The molecular formula is C12H10O4S. The topological polar surface area (TPSA) is 67.5 Å². The van der Waals surface area contributed by atoms with Gasteiger partial charge in [0.1, 0.15) is 5.76 Å². The fraction of sp³-hybridized carbons (Fsp3) is 0.0833. The minimum atomic E-state index is -1.22. The van der Waals surface area contributed by atoms with Gasteiger partial charge in [0.25, 0.3) is 0 Å². The first-order chi connectivity index (χ1) is 8.16. The molecule has 4 nitrogen and oxygen atoms in total. The van der Waals surface area contributed by atoms with E-state index in [2.05, 4.69) is 0 Å². The van der Waals surface area contributed by atoms with E-state index in [-0.39, 0.29) is 11.5 Å². The number of carbonyl (C=O) groups is 1. The van der Waals surface area contributed by atoms with Crippen molar-refractivity contribution in [1.82, 2.24) is 0 Å². The van der Waals surface area contributed by atoms with Gasteiger partial charge in [0.15, 0.2) is 0 Å². The second-order valence-electron chi connectivity index (χ2n) is 3.37. The maximum atomic E-state index is 11.9. The van der Waals surface area contributed by atoms with Gasteiger partial charge in [-0.2, -0.15) is 0 Å². The molecule has 0 fully saturated rings. The first-order valence-corrected chi connectivity index (χ1v) is 6.24. The number of carboxylic acid groups (broad SMARTS) is 1. The van der Waals surface area contributed by atoms with Crippen LogP contribution in [-0.4, -0.2) is 15.3 Å². The number of aromatic carboxylic acids is 1. The highest BCUT2D eigenvalue weighted by Gasteiger charge is 2.11. The molecule has 1 atom stereocenters. The van der Waals surface area contributed by atoms with Gasteiger partial charge in [-0.15, -0.1) is 0 Å². The summed E-state index contributed by atoms with van der Waals surface area (Å²) in [5.74, 6) is -0.673. The molecule has 0 saturated carbocycles. The normalized spacial score (nSPS) is 12.2. The maximum Gasteiger partial charge on any atom is 0.371 e. The fourth-order valence-electron chi connectivity index (χ4n) is 1.36. The zero-order chi connectivity index (χ0) is 12.3. The molecule has 0 saturated heterocycles. The zero-order valence-corrected chi connectivity index (χ0v) is 9.65. The smallest absolute Gasteiger partial charge is 0.371 e. The van der Waals surface area contributed by atoms with Crippen LogP contribution in [0.25, 0.3) is 0 Å². The van der Waals surface area contributed by atoms with Crippen molar-refractivity contribution in [2.24, 2.45) is 0 Å². The molecule has 2 aromatic rings. The van der Waals surface area contributed by atoms with Crippen molar-refractivity contribution in [3.63, 3.8) is 0 Å². The Hall–Kier alpha value is -1.88. The number of carboxylic acids is 1. The van der Waals surface area contributed by atoms with E-state index in [1.807, 2.05) is 6.07 Å². The summed E-state index contributed by atoms with van der Waals surface area (Å²) in [6.07, 6.45) is 0. The molecule has 0 aliphatic heterocycles. The molecule has 0 amide bonds. The molecule has 1 aromatic heterocycles. The standard InChI is InChI=1S/C12H10O4S/c13-12(14)11-7-6-9(16-11)8-17(15)10-4-2-1-3-5-10/h1-7H,8H2,(H,13,14). The average molecular weight is 250 g/mol. The van der Waals surface area contributed by atoms with Crippen LogP contribution >= 0.6 is 0 Å². The Morgan fingerprint density at radius 2 is 1.88 bits per heavy atom. The van der Waals surface area contributed by atoms with Gasteiger partial charge in [-0.3, -0.25) is 4.21 Å². The summed E-state index contributed by atoms with van der Waals surface area (Å²) in [6, 6.07) is 11.9. The van der Waals surface area contributed by atoms with Crippen LogP contribution in [0, 0.1) is 0 Å². The van der Waals surface area contributed by atoms with Crippen molar-refractivity contribution in [3.8, 4) is 0 Å². The number of rotatable bonds is 4. The third kappa shape index (κ3) is 2.82. The first kappa shape index (κ1) is 11.6. The number of hydrogen-bond donors (Lipinski definition) is 1. The van der Waals surface area contributed by atoms with Gasteiger partial charge in [-0.25, -0.2) is 4.79 Å². The van der Waals surface area contributed by atoms with E-state index in [0.29, 0.717) is 10.7 Å². The molecule has 0 spiro atoms. The van der Waals surface area contributed by atoms with Crippen LogP contribution in [0.5, 0.6) is 0 Å². The van der Waals surface area contributed by atoms with Crippen LogP contribution in [0.1, 0.15) is 16.3 Å². The molecular weight excluding hydrogens is 240 g/mol. The monoisotopic (exact) mass is 250 g/mol. The molecule has 88 valence electrons. The van der Waals surface area contributed by atoms with E-state index >= 15 is 0 Å². The largest absolute Gasteiger partial charge is 0.475 e. The van der Waals surface area contributed by atoms with Crippen LogP contribution in [0.4, 0.5) is 0 Å². The number of benzene rings is 1. The van der Waals surface area contributed by atoms with Gasteiger partial charge >= 0.3 is 5.97 Å². The van der Waals surface area contributed by atoms with E-state index in [1.54, 1.807) is 24.3 Å². The second kappa shape index (κ2) is 4.97. The molecule has 1 unspecified atom stereocenters. The number of hydrogen-bond acceptors (Lipinski definition) is 3. The average Bonchev–Trinajstić information content (AvgIpc) is 2.79. The Morgan fingerprint density at radius 1 is 1.18 bits per heavy atom. The summed E-state index contributed by atoms with van der Waals surface area (Å²) in [6.45, 7) is 0. The lowest BCUT2D eigenvalue weighted by molar-refractivity contribution is 0.0661. The summed E-state index contributed by atoms with van der Waals surface area (Å²) >= 11 is 0. The van der Waals surface area contributed by atoms with Crippen LogP contribution in [0.15, 0.2) is 51.8 Å². The summed E-state index contributed by atoms with van der Waals surface area (Å²) in [4.78, 5) is 11.3. The highest BCUT2D eigenvalue weighted by atomic mass is 32.2. The lowest BCUT2D eigenvalue weighted by Crippen LogP contribution is -1.95. The minimum absolute atomic E-state index is 0.134. The van der Waals surface area contributed by atoms with Gasteiger partial charge in [0.05, 0.1) is 16.6 Å². The highest BCUT2D eigenvalue weighted by molar-refractivity contribution is 7.84. The summed E-state index contributed by atoms with van der Waals surface area (Å²) in [5, 5.41) is 8.68. The van der Waals surface area contributed by atoms with E-state index in [1.165, 1.54) is 12.1 Å². The van der Waals surface area contributed by atoms with Crippen LogP contribution in [-0.2, 0) is 16.6 Å². The molecule has 0 aliphatic rings. The van der Waals surface area contributed by atoms with Gasteiger partial charge in [-0.05, 0) is 24.3 Å². The van der Waals surface area contributed by atoms with Crippen molar-refractivity contribution in [1.29, 1.82) is 0 Å². The fourth-order valence-corrected chi connectivity index (χ4v) is 2.40. The maximum absolute atomic E-state index is 11.9. The molecule has 1 heterocycles. The highest BCUT2D eigenvalue weighted by Crippen LogP contribution is 2.14. The van der Waals surface area contributed by atoms with E-state index < -0.39 is 16.8 Å². The van der Waals surface area contributed by atoms with Gasteiger partial charge in [0.2, 0.25) is 5.76 Å². The molecule has 1 N–H and O–H groups in total. The molecule has 5 heteroatoms. The van der Waals surface area contributed by atoms with Crippen molar-refractivity contribution in [2.45, 2.75) is 10.6 Å². The predicted molar refractivity (Wildman–Crippen MR) is 62.2 cm³/mol. The van der Waals surface area contributed by atoms with Crippen molar-refractivity contribution in [2.75, 3.05) is 0 Å². The second-order valence-corrected chi connectivity index (χ2v) is 4.83. The first-order valence-electron chi connectivity index (χ1n) is 4.92. The minimum Gasteiger partial charge on any atom is -0.475 e. The van der Waals surface area contributed by atoms with E-state index in [0.717, 1.165) is 0 Å². The third-order valence-corrected chi connectivity index (χ3v) is 3.50. The Morgan fingerprint density at radius 3 is 2.47 bits per heavy atom.